The second-order valence-electron chi connectivity index (χ2n) is 4.80. The number of rotatable bonds is 4. The molecule has 1 N–H and O–H groups in total. The fourth-order valence-corrected chi connectivity index (χ4v) is 2.42. The van der Waals surface area contributed by atoms with Gasteiger partial charge in [-0.1, -0.05) is 40.9 Å². The lowest BCUT2D eigenvalue weighted by molar-refractivity contribution is -0.117. The van der Waals surface area contributed by atoms with Crippen LogP contribution in [-0.4, -0.2) is 26.1 Å². The number of hydrogen-bond acceptors (Lipinski definition) is 4. The number of nitrogens with zero attached hydrogens (tertiary/aromatic N) is 4. The molecule has 1 amide bonds. The number of anilines is 1. The minimum absolute atomic E-state index is 0.108. The first-order chi connectivity index (χ1) is 11.5. The molecule has 24 heavy (non-hydrogen) atoms. The number of halogens is 3. The van der Waals surface area contributed by atoms with Gasteiger partial charge < -0.3 is 5.32 Å². The van der Waals surface area contributed by atoms with Crippen molar-refractivity contribution in [2.24, 2.45) is 0 Å². The highest BCUT2D eigenvalue weighted by atomic mass is 35.5. The van der Waals surface area contributed by atoms with Gasteiger partial charge in [0, 0.05) is 10.6 Å². The average molecular weight is 383 g/mol. The lowest BCUT2D eigenvalue weighted by Crippen LogP contribution is -2.20. The quantitative estimate of drug-likeness (QED) is 0.742. The fraction of sp³-hybridized carbons (Fsp3) is 0.0667. The molecule has 3 rings (SSSR count). The van der Waals surface area contributed by atoms with Gasteiger partial charge in [0.15, 0.2) is 0 Å². The Labute approximate surface area is 152 Å². The van der Waals surface area contributed by atoms with E-state index in [1.165, 1.54) is 4.80 Å². The van der Waals surface area contributed by atoms with Crippen molar-refractivity contribution < 1.29 is 4.79 Å². The summed E-state index contributed by atoms with van der Waals surface area (Å²) in [4.78, 5) is 13.3. The zero-order chi connectivity index (χ0) is 17.1. The summed E-state index contributed by atoms with van der Waals surface area (Å²) < 4.78 is 0. The zero-order valence-electron chi connectivity index (χ0n) is 12.1. The molecule has 0 aliphatic rings. The van der Waals surface area contributed by atoms with Gasteiger partial charge in [-0.3, -0.25) is 4.79 Å². The predicted octanol–water partition coefficient (Wildman–Crippen LogP) is 3.94. The minimum atomic E-state index is -0.348. The smallest absolute Gasteiger partial charge is 0.248 e. The highest BCUT2D eigenvalue weighted by Crippen LogP contribution is 2.29. The van der Waals surface area contributed by atoms with Crippen LogP contribution in [-0.2, 0) is 11.3 Å². The standard InChI is InChI=1S/C15H10Cl3N5O/c16-10-6-4-9(5-7-10)15-20-22-23(21-15)8-13(24)19-12-3-1-2-11(17)14(12)18/h1-7H,8H2,(H,19,24). The molecular formula is C15H10Cl3N5O. The van der Waals surface area contributed by atoms with Crippen molar-refractivity contribution in [2.45, 2.75) is 6.54 Å². The summed E-state index contributed by atoms with van der Waals surface area (Å²) >= 11 is 17.8. The van der Waals surface area contributed by atoms with Crippen LogP contribution < -0.4 is 5.32 Å². The van der Waals surface area contributed by atoms with E-state index in [0.29, 0.717) is 21.6 Å². The van der Waals surface area contributed by atoms with Crippen LogP contribution in [0.1, 0.15) is 0 Å². The first-order valence-electron chi connectivity index (χ1n) is 6.80. The second-order valence-corrected chi connectivity index (χ2v) is 6.02. The van der Waals surface area contributed by atoms with E-state index in [4.69, 9.17) is 34.8 Å². The Bertz CT molecular complexity index is 879. The summed E-state index contributed by atoms with van der Waals surface area (Å²) in [5, 5.41) is 15.8. The van der Waals surface area contributed by atoms with Gasteiger partial charge in [-0.2, -0.15) is 4.80 Å². The Morgan fingerprint density at radius 3 is 2.58 bits per heavy atom. The highest BCUT2D eigenvalue weighted by Gasteiger charge is 2.12. The molecule has 1 aromatic heterocycles. The molecule has 0 aliphatic carbocycles. The van der Waals surface area contributed by atoms with E-state index in [9.17, 15) is 4.79 Å². The van der Waals surface area contributed by atoms with E-state index in [0.717, 1.165) is 5.56 Å². The van der Waals surface area contributed by atoms with Gasteiger partial charge in [0.05, 0.1) is 15.7 Å². The van der Waals surface area contributed by atoms with Crippen LogP contribution >= 0.6 is 34.8 Å². The summed E-state index contributed by atoms with van der Waals surface area (Å²) in [6.07, 6.45) is 0. The van der Waals surface area contributed by atoms with Crippen molar-refractivity contribution in [3.05, 3.63) is 57.5 Å². The normalized spacial score (nSPS) is 10.6. The van der Waals surface area contributed by atoms with Gasteiger partial charge in [-0.15, -0.1) is 10.2 Å². The molecule has 0 aliphatic heterocycles. The van der Waals surface area contributed by atoms with E-state index in [1.807, 2.05) is 0 Å². The topological polar surface area (TPSA) is 72.7 Å². The third-order valence-corrected chi connectivity index (χ3v) is 4.14. The maximum atomic E-state index is 12.1. The second kappa shape index (κ2) is 7.17. The summed E-state index contributed by atoms with van der Waals surface area (Å²) in [7, 11) is 0. The highest BCUT2D eigenvalue weighted by molar-refractivity contribution is 6.43. The van der Waals surface area contributed by atoms with Crippen LogP contribution in [0.3, 0.4) is 0 Å². The maximum absolute atomic E-state index is 12.1. The van der Waals surface area contributed by atoms with Crippen molar-refractivity contribution in [1.82, 2.24) is 20.2 Å². The summed E-state index contributed by atoms with van der Waals surface area (Å²) in [5.41, 5.74) is 1.18. The number of nitrogens with one attached hydrogen (secondary N) is 1. The van der Waals surface area contributed by atoms with Crippen LogP contribution in [0.4, 0.5) is 5.69 Å². The molecule has 0 saturated carbocycles. The molecule has 3 aromatic rings. The molecule has 9 heteroatoms. The number of benzene rings is 2. The third kappa shape index (κ3) is 3.84. The molecule has 0 fully saturated rings. The molecule has 6 nitrogen and oxygen atoms in total. The zero-order valence-corrected chi connectivity index (χ0v) is 14.3. The van der Waals surface area contributed by atoms with Crippen LogP contribution in [0.5, 0.6) is 0 Å². The first-order valence-corrected chi connectivity index (χ1v) is 7.94. The Balaban J connectivity index is 1.69. The molecule has 2 aromatic carbocycles. The van der Waals surface area contributed by atoms with E-state index in [-0.39, 0.29) is 17.5 Å². The Kier molecular flexibility index (Phi) is 4.99. The summed E-state index contributed by atoms with van der Waals surface area (Å²) in [6, 6.07) is 12.0. The van der Waals surface area contributed by atoms with Gasteiger partial charge in [-0.25, -0.2) is 0 Å². The lowest BCUT2D eigenvalue weighted by atomic mass is 10.2. The monoisotopic (exact) mass is 381 g/mol. The third-order valence-electron chi connectivity index (χ3n) is 3.07. The number of aromatic nitrogens is 4. The number of carbonyl (C=O) groups excluding carboxylic acids is 1. The molecule has 0 spiro atoms. The predicted molar refractivity (Wildman–Crippen MR) is 93.4 cm³/mol. The van der Waals surface area contributed by atoms with Crippen molar-refractivity contribution in [3.8, 4) is 11.4 Å². The molecular weight excluding hydrogens is 373 g/mol. The molecule has 1 heterocycles. The van der Waals surface area contributed by atoms with Crippen molar-refractivity contribution in [3.63, 3.8) is 0 Å². The number of tetrazole rings is 1. The van der Waals surface area contributed by atoms with Gasteiger partial charge >= 0.3 is 0 Å². The molecule has 122 valence electrons. The molecule has 0 radical (unpaired) electrons. The van der Waals surface area contributed by atoms with Gasteiger partial charge in [-0.05, 0) is 41.6 Å². The minimum Gasteiger partial charge on any atom is -0.323 e. The van der Waals surface area contributed by atoms with Gasteiger partial charge in [0.2, 0.25) is 11.7 Å². The fourth-order valence-electron chi connectivity index (χ4n) is 1.94. The number of hydrogen-bond donors (Lipinski definition) is 1. The van der Waals surface area contributed by atoms with Crippen LogP contribution in [0.25, 0.3) is 11.4 Å². The SMILES string of the molecule is O=C(Cn1nnc(-c2ccc(Cl)cc2)n1)Nc1cccc(Cl)c1Cl. The maximum Gasteiger partial charge on any atom is 0.248 e. The van der Waals surface area contributed by atoms with Crippen molar-refractivity contribution in [1.29, 1.82) is 0 Å². The number of carbonyl (C=O) groups is 1. The molecule has 0 bridgehead atoms. The van der Waals surface area contributed by atoms with E-state index in [2.05, 4.69) is 20.7 Å². The van der Waals surface area contributed by atoms with Crippen LogP contribution in [0.2, 0.25) is 15.1 Å². The van der Waals surface area contributed by atoms with Crippen LogP contribution in [0.15, 0.2) is 42.5 Å². The molecule has 0 atom stereocenters. The van der Waals surface area contributed by atoms with Crippen molar-refractivity contribution >= 4 is 46.4 Å². The summed E-state index contributed by atoms with van der Waals surface area (Å²) in [5.74, 6) is 0.0551. The molecule has 0 unspecified atom stereocenters. The average Bonchev–Trinajstić information content (AvgIpc) is 3.01. The Morgan fingerprint density at radius 1 is 1.08 bits per heavy atom. The summed E-state index contributed by atoms with van der Waals surface area (Å²) in [6.45, 7) is -0.108. The van der Waals surface area contributed by atoms with Crippen LogP contribution in [0, 0.1) is 0 Å². The largest absolute Gasteiger partial charge is 0.323 e. The van der Waals surface area contributed by atoms with E-state index < -0.39 is 0 Å². The van der Waals surface area contributed by atoms with E-state index >= 15 is 0 Å². The lowest BCUT2D eigenvalue weighted by Gasteiger charge is -2.07. The Hall–Kier alpha value is -2.15. The first kappa shape index (κ1) is 16.7. The van der Waals surface area contributed by atoms with Gasteiger partial charge in [0.1, 0.15) is 6.54 Å². The van der Waals surface area contributed by atoms with E-state index in [1.54, 1.807) is 42.5 Å². The van der Waals surface area contributed by atoms with Crippen molar-refractivity contribution in [2.75, 3.05) is 5.32 Å². The number of amides is 1. The Morgan fingerprint density at radius 2 is 1.83 bits per heavy atom. The van der Waals surface area contributed by atoms with Gasteiger partial charge in [0.25, 0.3) is 0 Å². The molecule has 0 saturated heterocycles.